The maximum absolute atomic E-state index is 11.7. The zero-order valence-corrected chi connectivity index (χ0v) is 8.05. The van der Waals surface area contributed by atoms with Gasteiger partial charge in [-0.3, -0.25) is 0 Å². The van der Waals surface area contributed by atoms with Crippen molar-refractivity contribution in [3.8, 4) is 0 Å². The quantitative estimate of drug-likeness (QED) is 0.622. The van der Waals surface area contributed by atoms with Crippen molar-refractivity contribution >= 4 is 10.2 Å². The Morgan fingerprint density at radius 2 is 1.92 bits per heavy atom. The molecule has 0 rings (SSSR count). The van der Waals surface area contributed by atoms with Crippen LogP contribution in [0.3, 0.4) is 0 Å². The fourth-order valence-corrected chi connectivity index (χ4v) is 1.05. The first-order valence-electron chi connectivity index (χ1n) is 3.40. The average molecular weight is 218 g/mol. The molecule has 80 valence electrons. The van der Waals surface area contributed by atoms with Crippen molar-refractivity contribution in [3.05, 3.63) is 0 Å². The van der Waals surface area contributed by atoms with Gasteiger partial charge >= 0.3 is 0 Å². The molecule has 0 aromatic heterocycles. The number of alkyl halides is 2. The molecule has 0 fully saturated rings. The number of hydrogen-bond donors (Lipinski definition) is 2. The molecule has 0 aromatic carbocycles. The van der Waals surface area contributed by atoms with Crippen molar-refractivity contribution in [3.63, 3.8) is 0 Å². The average Bonchev–Trinajstić information content (AvgIpc) is 1.99. The van der Waals surface area contributed by atoms with Crippen LogP contribution in [0.25, 0.3) is 0 Å². The lowest BCUT2D eigenvalue weighted by Crippen LogP contribution is -2.41. The van der Waals surface area contributed by atoms with Crippen LogP contribution in [0.1, 0.15) is 0 Å². The summed E-state index contributed by atoms with van der Waals surface area (Å²) in [5, 5.41) is 8.58. The molecule has 0 saturated heterocycles. The van der Waals surface area contributed by atoms with Gasteiger partial charge in [0.15, 0.2) is 0 Å². The number of halogens is 2. The van der Waals surface area contributed by atoms with Crippen LogP contribution >= 0.6 is 0 Å². The number of nitrogens with zero attached hydrogens (tertiary/aromatic N) is 1. The molecule has 0 aliphatic heterocycles. The topological polar surface area (TPSA) is 69.6 Å². The lowest BCUT2D eigenvalue weighted by atomic mass is 10.4. The van der Waals surface area contributed by atoms with Gasteiger partial charge < -0.3 is 5.11 Å². The summed E-state index contributed by atoms with van der Waals surface area (Å²) in [7, 11) is -1.24. The number of aliphatic hydroxyl groups excluding tert-OH is 1. The summed E-state index contributed by atoms with van der Waals surface area (Å²) in [5.74, 6) is 0. The smallest absolute Gasteiger partial charge is 0.279 e. The second-order valence-corrected chi connectivity index (χ2v) is 4.51. The van der Waals surface area contributed by atoms with Gasteiger partial charge in [-0.1, -0.05) is 0 Å². The molecule has 0 aliphatic carbocycles. The lowest BCUT2D eigenvalue weighted by molar-refractivity contribution is -0.000584. The van der Waals surface area contributed by atoms with Crippen molar-refractivity contribution < 1.29 is 22.3 Å². The van der Waals surface area contributed by atoms with E-state index < -0.39 is 29.3 Å². The molecular weight excluding hydrogens is 206 g/mol. The van der Waals surface area contributed by atoms with Crippen LogP contribution in [0.4, 0.5) is 8.78 Å². The van der Waals surface area contributed by atoms with Crippen LogP contribution in [0.15, 0.2) is 0 Å². The number of hydrogen-bond acceptors (Lipinski definition) is 3. The van der Waals surface area contributed by atoms with E-state index in [4.69, 9.17) is 5.11 Å². The van der Waals surface area contributed by atoms with Crippen LogP contribution in [0.5, 0.6) is 0 Å². The minimum Gasteiger partial charge on any atom is -0.386 e. The van der Waals surface area contributed by atoms with Gasteiger partial charge in [-0.2, -0.15) is 17.4 Å². The Balaban J connectivity index is 4.04. The van der Waals surface area contributed by atoms with E-state index >= 15 is 0 Å². The van der Waals surface area contributed by atoms with Crippen molar-refractivity contribution in [2.45, 2.75) is 12.5 Å². The summed E-state index contributed by atoms with van der Waals surface area (Å²) in [4.78, 5) is 0. The molecule has 0 bridgehead atoms. The van der Waals surface area contributed by atoms with E-state index in [1.807, 2.05) is 4.72 Å². The zero-order chi connectivity index (χ0) is 10.6. The fraction of sp³-hybridized carbons (Fsp3) is 1.00. The van der Waals surface area contributed by atoms with Crippen LogP contribution in [0.2, 0.25) is 0 Å². The molecule has 8 heteroatoms. The van der Waals surface area contributed by atoms with Gasteiger partial charge in [0, 0.05) is 20.6 Å². The molecule has 0 radical (unpaired) electrons. The third-order valence-electron chi connectivity index (χ3n) is 1.25. The molecular formula is C5H12F2N2O3S. The van der Waals surface area contributed by atoms with Crippen LogP contribution in [-0.2, 0) is 10.2 Å². The van der Waals surface area contributed by atoms with E-state index in [1.165, 1.54) is 14.1 Å². The molecule has 5 nitrogen and oxygen atoms in total. The first-order valence-corrected chi connectivity index (χ1v) is 4.84. The number of aliphatic hydroxyl groups is 1. The highest BCUT2D eigenvalue weighted by atomic mass is 32.2. The van der Waals surface area contributed by atoms with E-state index in [0.717, 1.165) is 4.31 Å². The van der Waals surface area contributed by atoms with E-state index in [2.05, 4.69) is 0 Å². The molecule has 0 aromatic rings. The van der Waals surface area contributed by atoms with Gasteiger partial charge in [0.1, 0.15) is 6.10 Å². The van der Waals surface area contributed by atoms with Crippen LogP contribution in [0, 0.1) is 0 Å². The standard InChI is InChI=1S/C5H12F2N2O3S/c1-9(2)13(11,12)8-3-4(10)5(6)7/h4-5,8,10H,3H2,1-2H3. The van der Waals surface area contributed by atoms with Crippen molar-refractivity contribution in [1.29, 1.82) is 0 Å². The Kier molecular flexibility index (Phi) is 4.68. The van der Waals surface area contributed by atoms with Gasteiger partial charge in [0.2, 0.25) is 0 Å². The number of rotatable bonds is 5. The Morgan fingerprint density at radius 3 is 2.23 bits per heavy atom. The predicted octanol–water partition coefficient (Wildman–Crippen LogP) is -0.992. The fourth-order valence-electron chi connectivity index (χ4n) is 0.409. The maximum atomic E-state index is 11.7. The minimum absolute atomic E-state index is 0.696. The summed E-state index contributed by atoms with van der Waals surface area (Å²) in [6.07, 6.45) is -4.93. The Labute approximate surface area is 75.5 Å². The summed E-state index contributed by atoms with van der Waals surface area (Å²) >= 11 is 0. The molecule has 1 atom stereocenters. The molecule has 0 aliphatic rings. The highest BCUT2D eigenvalue weighted by Crippen LogP contribution is 1.99. The van der Waals surface area contributed by atoms with Gasteiger partial charge in [-0.25, -0.2) is 8.78 Å². The van der Waals surface area contributed by atoms with Gasteiger partial charge in [0.05, 0.1) is 0 Å². The number of nitrogens with one attached hydrogen (secondary N) is 1. The van der Waals surface area contributed by atoms with Crippen molar-refractivity contribution in [2.75, 3.05) is 20.6 Å². The highest BCUT2D eigenvalue weighted by molar-refractivity contribution is 7.87. The van der Waals surface area contributed by atoms with E-state index in [-0.39, 0.29) is 0 Å². The third kappa shape index (κ3) is 4.46. The second kappa shape index (κ2) is 4.80. The lowest BCUT2D eigenvalue weighted by Gasteiger charge is -2.14. The van der Waals surface area contributed by atoms with Crippen LogP contribution < -0.4 is 4.72 Å². The summed E-state index contributed by atoms with van der Waals surface area (Å²) < 4.78 is 47.9. The van der Waals surface area contributed by atoms with E-state index in [0.29, 0.717) is 0 Å². The summed E-state index contributed by atoms with van der Waals surface area (Å²) in [5.41, 5.74) is 0. The molecule has 0 saturated carbocycles. The second-order valence-electron chi connectivity index (χ2n) is 2.54. The Morgan fingerprint density at radius 1 is 1.46 bits per heavy atom. The normalized spacial score (nSPS) is 15.3. The summed E-state index contributed by atoms with van der Waals surface area (Å²) in [6.45, 7) is -0.696. The monoisotopic (exact) mass is 218 g/mol. The molecule has 13 heavy (non-hydrogen) atoms. The molecule has 1 unspecified atom stereocenters. The first-order chi connectivity index (χ1) is 5.77. The highest BCUT2D eigenvalue weighted by Gasteiger charge is 2.20. The third-order valence-corrected chi connectivity index (χ3v) is 2.74. The first kappa shape index (κ1) is 12.7. The Hall–Kier alpha value is -0.310. The van der Waals surface area contributed by atoms with Gasteiger partial charge in [-0.15, -0.1) is 0 Å². The largest absolute Gasteiger partial charge is 0.386 e. The molecule has 0 amide bonds. The van der Waals surface area contributed by atoms with Gasteiger partial charge in [0.25, 0.3) is 16.6 Å². The van der Waals surface area contributed by atoms with Gasteiger partial charge in [-0.05, 0) is 0 Å². The zero-order valence-electron chi connectivity index (χ0n) is 7.24. The predicted molar refractivity (Wildman–Crippen MR) is 42.6 cm³/mol. The maximum Gasteiger partial charge on any atom is 0.279 e. The Bertz CT molecular complexity index is 242. The summed E-state index contributed by atoms with van der Waals surface area (Å²) in [6, 6.07) is 0. The molecule has 0 heterocycles. The van der Waals surface area contributed by atoms with Crippen molar-refractivity contribution in [2.24, 2.45) is 0 Å². The van der Waals surface area contributed by atoms with E-state index in [9.17, 15) is 17.2 Å². The molecule has 2 N–H and O–H groups in total. The van der Waals surface area contributed by atoms with Crippen LogP contribution in [-0.4, -0.2) is 51.0 Å². The molecule has 0 spiro atoms. The van der Waals surface area contributed by atoms with E-state index in [1.54, 1.807) is 0 Å². The SMILES string of the molecule is CN(C)S(=O)(=O)NCC(O)C(F)F. The minimum atomic E-state index is -3.74. The van der Waals surface area contributed by atoms with Crippen molar-refractivity contribution in [1.82, 2.24) is 9.03 Å².